The second-order valence-corrected chi connectivity index (χ2v) is 13.5. The lowest BCUT2D eigenvalue weighted by Crippen LogP contribution is -2.53. The fourth-order valence-corrected chi connectivity index (χ4v) is 6.43. The number of sulfonamides is 2. The summed E-state index contributed by atoms with van der Waals surface area (Å²) in [5.74, 6) is -0.0611. The van der Waals surface area contributed by atoms with Gasteiger partial charge in [0.1, 0.15) is 0 Å². The molecule has 2 aromatic rings. The zero-order valence-corrected chi connectivity index (χ0v) is 24.7. The lowest BCUT2D eigenvalue weighted by molar-refractivity contribution is 0.111. The second kappa shape index (κ2) is 16.5. The third-order valence-electron chi connectivity index (χ3n) is 6.55. The van der Waals surface area contributed by atoms with E-state index in [1.807, 2.05) is 36.4 Å². The van der Waals surface area contributed by atoms with Crippen LogP contribution in [0.1, 0.15) is 11.1 Å². The number of piperazine rings is 2. The van der Waals surface area contributed by atoms with Crippen molar-refractivity contribution in [2.24, 2.45) is 11.5 Å². The molecule has 40 heavy (non-hydrogen) atoms. The van der Waals surface area contributed by atoms with E-state index in [-0.39, 0.29) is 24.6 Å². The van der Waals surface area contributed by atoms with Crippen LogP contribution < -0.4 is 21.1 Å². The quantitative estimate of drug-likeness (QED) is 0.244. The summed E-state index contributed by atoms with van der Waals surface area (Å²) in [5, 5.41) is 3.51. The zero-order valence-electron chi connectivity index (χ0n) is 23.1. The average Bonchev–Trinajstić information content (AvgIpc) is 2.92. The minimum absolute atomic E-state index is 0.0305. The maximum Gasteiger partial charge on any atom is 0.225 e. The summed E-state index contributed by atoms with van der Waals surface area (Å²) in [6, 6.07) is 20.6. The van der Waals surface area contributed by atoms with E-state index in [4.69, 9.17) is 11.5 Å². The zero-order chi connectivity index (χ0) is 28.8. The Hall–Kier alpha value is -1.98. The van der Waals surface area contributed by atoms with Gasteiger partial charge in [-0.25, -0.2) is 26.9 Å². The molecular weight excluding hydrogens is 552 g/mol. The molecule has 4 rings (SSSR count). The molecule has 0 saturated carbocycles. The van der Waals surface area contributed by atoms with Crippen LogP contribution >= 0.6 is 0 Å². The first-order valence-corrected chi connectivity index (χ1v) is 16.9. The summed E-state index contributed by atoms with van der Waals surface area (Å²) >= 11 is 0. The summed E-state index contributed by atoms with van der Waals surface area (Å²) in [4.78, 5) is 9.80. The van der Waals surface area contributed by atoms with Gasteiger partial charge in [-0.3, -0.25) is 9.80 Å². The van der Waals surface area contributed by atoms with Crippen molar-refractivity contribution >= 4 is 20.0 Å². The van der Waals surface area contributed by atoms with Crippen molar-refractivity contribution < 1.29 is 16.8 Å². The highest BCUT2D eigenvalue weighted by Gasteiger charge is 2.22. The van der Waals surface area contributed by atoms with E-state index < -0.39 is 20.0 Å². The molecule has 0 aromatic heterocycles. The summed E-state index contributed by atoms with van der Waals surface area (Å²) in [5.41, 5.74) is 13.1. The number of hydrogen-bond donors (Lipinski definition) is 4. The van der Waals surface area contributed by atoms with Gasteiger partial charge in [-0.05, 0) is 11.1 Å². The first-order valence-electron chi connectivity index (χ1n) is 13.6. The van der Waals surface area contributed by atoms with Gasteiger partial charge in [0.2, 0.25) is 20.0 Å². The Morgan fingerprint density at radius 1 is 0.550 bits per heavy atom. The lowest BCUT2D eigenvalue weighted by Gasteiger charge is -2.34. The van der Waals surface area contributed by atoms with Gasteiger partial charge in [-0.1, -0.05) is 60.7 Å². The maximum absolute atomic E-state index is 11.6. The van der Waals surface area contributed by atoms with E-state index in [9.17, 15) is 16.8 Å². The monoisotopic (exact) mass is 596 g/mol. The Morgan fingerprint density at radius 3 is 1.18 bits per heavy atom. The second-order valence-electron chi connectivity index (χ2n) is 9.90. The van der Waals surface area contributed by atoms with Crippen LogP contribution in [0.2, 0.25) is 0 Å². The first kappa shape index (κ1) is 32.5. The summed E-state index contributed by atoms with van der Waals surface area (Å²) in [7, 11) is -6.55. The number of hydrazine groups is 2. The molecule has 0 aliphatic carbocycles. The molecule has 2 saturated heterocycles. The molecule has 2 fully saturated rings. The highest BCUT2D eigenvalue weighted by molar-refractivity contribution is 7.89. The van der Waals surface area contributed by atoms with Gasteiger partial charge in [-0.15, -0.1) is 9.66 Å². The lowest BCUT2D eigenvalue weighted by atomic mass is 10.2. The standard InChI is InChI=1S/2C13H22N4O2S/c2*14-6-11-20(18,19)15-17-9-7-16(8-10-17)12-13-4-2-1-3-5-13/h2*1-5,15H,6-12,14H2. The normalized spacial score (nSPS) is 18.2. The Kier molecular flexibility index (Phi) is 13.4. The van der Waals surface area contributed by atoms with Crippen molar-refractivity contribution in [2.75, 3.05) is 77.0 Å². The topological polar surface area (TPSA) is 157 Å². The van der Waals surface area contributed by atoms with E-state index >= 15 is 0 Å². The molecule has 0 unspecified atom stereocenters. The number of hydrogen-bond acceptors (Lipinski definition) is 10. The van der Waals surface area contributed by atoms with Crippen molar-refractivity contribution in [2.45, 2.75) is 13.1 Å². The van der Waals surface area contributed by atoms with Gasteiger partial charge < -0.3 is 11.5 Å². The highest BCUT2D eigenvalue weighted by atomic mass is 32.2. The van der Waals surface area contributed by atoms with Crippen molar-refractivity contribution in [3.05, 3.63) is 71.8 Å². The van der Waals surface area contributed by atoms with Gasteiger partial charge in [0.15, 0.2) is 0 Å². The van der Waals surface area contributed by atoms with Gasteiger partial charge in [0.25, 0.3) is 0 Å². The van der Waals surface area contributed by atoms with E-state index in [0.29, 0.717) is 26.2 Å². The van der Waals surface area contributed by atoms with Gasteiger partial charge in [-0.2, -0.15) is 0 Å². The number of nitrogens with one attached hydrogen (secondary N) is 2. The predicted octanol–water partition coefficient (Wildman–Crippen LogP) is -0.805. The Balaban J connectivity index is 0.000000220. The molecule has 12 nitrogen and oxygen atoms in total. The SMILES string of the molecule is NCCS(=O)(=O)NN1CCN(Cc2ccccc2)CC1.NCCS(=O)(=O)NN1CCN(Cc2ccccc2)CC1. The largest absolute Gasteiger partial charge is 0.329 e. The molecule has 14 heteroatoms. The molecule has 6 N–H and O–H groups in total. The van der Waals surface area contributed by atoms with Crippen LogP contribution in [0.3, 0.4) is 0 Å². The molecule has 0 amide bonds. The van der Waals surface area contributed by atoms with Crippen LogP contribution in [0.5, 0.6) is 0 Å². The van der Waals surface area contributed by atoms with Gasteiger partial charge >= 0.3 is 0 Å². The molecule has 2 aromatic carbocycles. The number of rotatable bonds is 12. The molecule has 0 spiro atoms. The minimum Gasteiger partial charge on any atom is -0.329 e. The molecule has 2 aliphatic rings. The molecule has 2 heterocycles. The molecule has 2 aliphatic heterocycles. The van der Waals surface area contributed by atoms with E-state index in [1.54, 1.807) is 10.0 Å². The first-order chi connectivity index (χ1) is 19.2. The van der Waals surface area contributed by atoms with Crippen molar-refractivity contribution in [1.29, 1.82) is 0 Å². The van der Waals surface area contributed by atoms with Crippen molar-refractivity contribution in [3.63, 3.8) is 0 Å². The molecule has 224 valence electrons. The number of benzene rings is 2. The Bertz CT molecular complexity index is 1090. The Labute approximate surface area is 239 Å². The van der Waals surface area contributed by atoms with Gasteiger partial charge in [0, 0.05) is 78.5 Å². The number of nitrogens with two attached hydrogens (primary N) is 2. The van der Waals surface area contributed by atoms with E-state index in [2.05, 4.69) is 43.7 Å². The smallest absolute Gasteiger partial charge is 0.225 e. The highest BCUT2D eigenvalue weighted by Crippen LogP contribution is 2.09. The van der Waals surface area contributed by atoms with E-state index in [1.165, 1.54) is 11.1 Å². The third kappa shape index (κ3) is 12.3. The summed E-state index contributed by atoms with van der Waals surface area (Å²) in [6.07, 6.45) is 0. The fraction of sp³-hybridized carbons (Fsp3) is 0.538. The molecule has 0 bridgehead atoms. The fourth-order valence-electron chi connectivity index (χ4n) is 4.47. The van der Waals surface area contributed by atoms with Crippen LogP contribution in [0.15, 0.2) is 60.7 Å². The maximum atomic E-state index is 11.6. The minimum atomic E-state index is -3.28. The van der Waals surface area contributed by atoms with Crippen LogP contribution in [0, 0.1) is 0 Å². The molecule has 0 radical (unpaired) electrons. The average molecular weight is 597 g/mol. The van der Waals surface area contributed by atoms with Gasteiger partial charge in [0.05, 0.1) is 11.5 Å². The van der Waals surface area contributed by atoms with Crippen molar-refractivity contribution in [1.82, 2.24) is 29.5 Å². The van der Waals surface area contributed by atoms with Crippen molar-refractivity contribution in [3.8, 4) is 0 Å². The number of nitrogens with zero attached hydrogens (tertiary/aromatic N) is 4. The van der Waals surface area contributed by atoms with Crippen LogP contribution in [0.25, 0.3) is 0 Å². The molecular formula is C26H44N8O4S2. The predicted molar refractivity (Wildman–Crippen MR) is 159 cm³/mol. The molecule has 0 atom stereocenters. The summed E-state index contributed by atoms with van der Waals surface area (Å²) in [6.45, 7) is 8.25. The van der Waals surface area contributed by atoms with Crippen LogP contribution in [-0.4, -0.2) is 114 Å². The van der Waals surface area contributed by atoms with Crippen LogP contribution in [0.4, 0.5) is 0 Å². The van der Waals surface area contributed by atoms with Crippen LogP contribution in [-0.2, 0) is 33.1 Å². The third-order valence-corrected chi connectivity index (χ3v) is 9.17. The Morgan fingerprint density at radius 2 is 0.875 bits per heavy atom. The summed E-state index contributed by atoms with van der Waals surface area (Å²) < 4.78 is 46.5. The van der Waals surface area contributed by atoms with E-state index in [0.717, 1.165) is 39.3 Å².